The molecule has 1 saturated heterocycles. The first-order valence-corrected chi connectivity index (χ1v) is 13.1. The summed E-state index contributed by atoms with van der Waals surface area (Å²) in [5, 5.41) is 3.74. The summed E-state index contributed by atoms with van der Waals surface area (Å²) in [5.74, 6) is -1.09. The van der Waals surface area contributed by atoms with Crippen molar-refractivity contribution in [1.29, 1.82) is 0 Å². The fourth-order valence-electron chi connectivity index (χ4n) is 4.44. The maximum Gasteiger partial charge on any atom is 0.338 e. The van der Waals surface area contributed by atoms with E-state index in [9.17, 15) is 14.4 Å². The second-order valence-corrected chi connectivity index (χ2v) is 9.34. The number of carbonyl (C=O) groups excluding carboxylic acids is 3. The number of ether oxygens (including phenoxy) is 1. The zero-order chi connectivity index (χ0) is 26.9. The van der Waals surface area contributed by atoms with Crippen LogP contribution in [0, 0.1) is 0 Å². The fraction of sp³-hybridized carbons (Fsp3) is 0.267. The summed E-state index contributed by atoms with van der Waals surface area (Å²) in [6.45, 7) is 3.10. The molecule has 1 atom stereocenters. The lowest BCUT2D eigenvalue weighted by atomic mass is 10.1. The molecule has 1 unspecified atom stereocenters. The molecule has 0 spiro atoms. The normalized spacial score (nSPS) is 14.9. The van der Waals surface area contributed by atoms with Crippen LogP contribution < -0.4 is 10.2 Å². The third-order valence-corrected chi connectivity index (χ3v) is 6.79. The van der Waals surface area contributed by atoms with Crippen LogP contribution in [-0.2, 0) is 27.2 Å². The minimum Gasteiger partial charge on any atom is -0.462 e. The number of benzene rings is 3. The Morgan fingerprint density at radius 1 is 0.947 bits per heavy atom. The zero-order valence-electron chi connectivity index (χ0n) is 21.3. The van der Waals surface area contributed by atoms with Gasteiger partial charge < -0.3 is 15.0 Å². The topological polar surface area (TPSA) is 79.0 Å². The van der Waals surface area contributed by atoms with Crippen molar-refractivity contribution in [1.82, 2.24) is 10.2 Å². The van der Waals surface area contributed by atoms with Crippen molar-refractivity contribution in [2.24, 2.45) is 0 Å². The van der Waals surface area contributed by atoms with Crippen molar-refractivity contribution in [2.45, 2.75) is 32.2 Å². The molecule has 1 heterocycles. The van der Waals surface area contributed by atoms with Crippen LogP contribution in [0.1, 0.15) is 34.8 Å². The molecule has 0 aliphatic carbocycles. The summed E-state index contributed by atoms with van der Waals surface area (Å²) < 4.78 is 5.02. The molecular formula is C30H31N3O4S. The SMILES string of the molecule is CCOC(=O)c1ccc(N2C(=O)CC(N(CCc3ccccc3)C(=S)NCCc3ccccc3)C2=O)cc1. The number of nitrogens with zero attached hydrogens (tertiary/aromatic N) is 2. The highest BCUT2D eigenvalue weighted by Gasteiger charge is 2.43. The summed E-state index contributed by atoms with van der Waals surface area (Å²) >= 11 is 5.74. The summed E-state index contributed by atoms with van der Waals surface area (Å²) in [6, 6.07) is 25.6. The van der Waals surface area contributed by atoms with Crippen LogP contribution in [0.5, 0.6) is 0 Å². The van der Waals surface area contributed by atoms with Crippen LogP contribution in [0.3, 0.4) is 0 Å². The summed E-state index contributed by atoms with van der Waals surface area (Å²) in [7, 11) is 0. The van der Waals surface area contributed by atoms with Gasteiger partial charge in [0.25, 0.3) is 5.91 Å². The van der Waals surface area contributed by atoms with Gasteiger partial charge in [0, 0.05) is 13.1 Å². The first-order valence-electron chi connectivity index (χ1n) is 12.7. The molecule has 0 radical (unpaired) electrons. The number of hydrogen-bond donors (Lipinski definition) is 1. The molecule has 0 saturated carbocycles. The van der Waals surface area contributed by atoms with Crippen molar-refractivity contribution < 1.29 is 19.1 Å². The summed E-state index contributed by atoms with van der Waals surface area (Å²) in [4.78, 5) is 41.6. The predicted molar refractivity (Wildman–Crippen MR) is 151 cm³/mol. The van der Waals surface area contributed by atoms with Gasteiger partial charge in [-0.3, -0.25) is 9.59 Å². The van der Waals surface area contributed by atoms with E-state index in [1.807, 2.05) is 53.4 Å². The zero-order valence-corrected chi connectivity index (χ0v) is 22.2. The van der Waals surface area contributed by atoms with Gasteiger partial charge in [-0.15, -0.1) is 0 Å². The van der Waals surface area contributed by atoms with Crippen molar-refractivity contribution in [3.63, 3.8) is 0 Å². The van der Waals surface area contributed by atoms with E-state index in [0.717, 1.165) is 12.0 Å². The minimum atomic E-state index is -0.715. The molecule has 4 rings (SSSR count). The van der Waals surface area contributed by atoms with Crippen LogP contribution in [0.2, 0.25) is 0 Å². The van der Waals surface area contributed by atoms with Gasteiger partial charge in [0.1, 0.15) is 6.04 Å². The number of thiocarbonyl (C=S) groups is 1. The number of hydrogen-bond acceptors (Lipinski definition) is 5. The minimum absolute atomic E-state index is 0.0216. The average molecular weight is 530 g/mol. The molecule has 1 fully saturated rings. The first kappa shape index (κ1) is 27.0. The lowest BCUT2D eigenvalue weighted by molar-refractivity contribution is -0.122. The molecule has 0 aromatic heterocycles. The van der Waals surface area contributed by atoms with E-state index < -0.39 is 12.0 Å². The average Bonchev–Trinajstić information content (AvgIpc) is 3.23. The van der Waals surface area contributed by atoms with Gasteiger partial charge in [-0.05, 0) is 67.4 Å². The van der Waals surface area contributed by atoms with Crippen molar-refractivity contribution in [3.05, 3.63) is 102 Å². The van der Waals surface area contributed by atoms with Crippen LogP contribution in [0.25, 0.3) is 0 Å². The van der Waals surface area contributed by atoms with E-state index in [-0.39, 0.29) is 24.8 Å². The second-order valence-electron chi connectivity index (χ2n) is 8.95. The maximum absolute atomic E-state index is 13.6. The van der Waals surface area contributed by atoms with Gasteiger partial charge in [-0.2, -0.15) is 0 Å². The highest BCUT2D eigenvalue weighted by molar-refractivity contribution is 7.80. The number of carbonyl (C=O) groups is 3. The van der Waals surface area contributed by atoms with Crippen molar-refractivity contribution in [2.75, 3.05) is 24.6 Å². The van der Waals surface area contributed by atoms with Crippen LogP contribution in [0.15, 0.2) is 84.9 Å². The Bertz CT molecular complexity index is 1270. The van der Waals surface area contributed by atoms with E-state index >= 15 is 0 Å². The van der Waals surface area contributed by atoms with Crippen LogP contribution in [-0.4, -0.2) is 53.5 Å². The van der Waals surface area contributed by atoms with E-state index in [1.54, 1.807) is 31.2 Å². The third kappa shape index (κ3) is 6.63. The van der Waals surface area contributed by atoms with Crippen LogP contribution >= 0.6 is 12.2 Å². The number of rotatable bonds is 10. The van der Waals surface area contributed by atoms with Gasteiger partial charge in [-0.25, -0.2) is 9.69 Å². The van der Waals surface area contributed by atoms with Gasteiger partial charge in [0.2, 0.25) is 5.91 Å². The second kappa shape index (κ2) is 13.0. The van der Waals surface area contributed by atoms with E-state index in [1.165, 1.54) is 10.5 Å². The largest absolute Gasteiger partial charge is 0.462 e. The number of imide groups is 1. The van der Waals surface area contributed by atoms with Crippen molar-refractivity contribution >= 4 is 40.8 Å². The Kier molecular flexibility index (Phi) is 9.21. The monoisotopic (exact) mass is 529 g/mol. The molecule has 8 heteroatoms. The highest BCUT2D eigenvalue weighted by Crippen LogP contribution is 2.27. The maximum atomic E-state index is 13.6. The smallest absolute Gasteiger partial charge is 0.338 e. The lowest BCUT2D eigenvalue weighted by Crippen LogP contribution is -2.50. The molecule has 3 aromatic rings. The van der Waals surface area contributed by atoms with E-state index in [4.69, 9.17) is 17.0 Å². The third-order valence-electron chi connectivity index (χ3n) is 6.41. The molecule has 0 bridgehead atoms. The fourth-order valence-corrected chi connectivity index (χ4v) is 4.77. The molecule has 7 nitrogen and oxygen atoms in total. The molecule has 1 N–H and O–H groups in total. The number of nitrogens with one attached hydrogen (secondary N) is 1. The van der Waals surface area contributed by atoms with Gasteiger partial charge in [-0.1, -0.05) is 60.7 Å². The Labute approximate surface area is 228 Å². The van der Waals surface area contributed by atoms with Gasteiger partial charge in [0.05, 0.1) is 24.3 Å². The number of amides is 2. The Balaban J connectivity index is 1.49. The highest BCUT2D eigenvalue weighted by atomic mass is 32.1. The van der Waals surface area contributed by atoms with Crippen LogP contribution in [0.4, 0.5) is 5.69 Å². The molecule has 196 valence electrons. The number of anilines is 1. The Morgan fingerprint density at radius 3 is 2.16 bits per heavy atom. The first-order chi connectivity index (χ1) is 18.5. The Hall–Kier alpha value is -4.04. The molecule has 38 heavy (non-hydrogen) atoms. The summed E-state index contributed by atoms with van der Waals surface area (Å²) in [5.41, 5.74) is 3.08. The van der Waals surface area contributed by atoms with Gasteiger partial charge >= 0.3 is 5.97 Å². The van der Waals surface area contributed by atoms with Gasteiger partial charge in [0.15, 0.2) is 5.11 Å². The summed E-state index contributed by atoms with van der Waals surface area (Å²) in [6.07, 6.45) is 1.48. The lowest BCUT2D eigenvalue weighted by Gasteiger charge is -2.30. The predicted octanol–water partition coefficient (Wildman–Crippen LogP) is 4.16. The van der Waals surface area contributed by atoms with E-state index in [0.29, 0.717) is 35.9 Å². The Morgan fingerprint density at radius 2 is 1.55 bits per heavy atom. The molecule has 3 aromatic carbocycles. The van der Waals surface area contributed by atoms with E-state index in [2.05, 4.69) is 17.4 Å². The molecular weight excluding hydrogens is 498 g/mol. The van der Waals surface area contributed by atoms with Crippen molar-refractivity contribution in [3.8, 4) is 0 Å². The molecule has 1 aliphatic heterocycles. The molecule has 1 aliphatic rings. The molecule has 2 amide bonds. The standard InChI is InChI=1S/C30H31N3O4S/c1-2-37-29(36)24-13-15-25(16-14-24)33-27(34)21-26(28(33)35)32(20-18-23-11-7-4-8-12-23)30(38)31-19-17-22-9-5-3-6-10-22/h3-16,26H,2,17-21H2,1H3,(H,31,38). The number of esters is 1. The quantitative estimate of drug-likeness (QED) is 0.240.